The first-order valence-corrected chi connectivity index (χ1v) is 9.32. The van der Waals surface area contributed by atoms with E-state index in [0.717, 1.165) is 0 Å². The molecule has 0 saturated carbocycles. The van der Waals surface area contributed by atoms with Crippen molar-refractivity contribution in [2.24, 2.45) is 0 Å². The number of thioether (sulfide) groups is 1. The minimum absolute atomic E-state index is 0.228. The molecule has 0 unspecified atom stereocenters. The lowest BCUT2D eigenvalue weighted by atomic mass is 10.2. The van der Waals surface area contributed by atoms with Crippen LogP contribution in [-0.2, 0) is 0 Å². The Bertz CT molecular complexity index is 936. The number of hydrogen-bond donors (Lipinski definition) is 2. The second-order valence-corrected chi connectivity index (χ2v) is 6.70. The third-order valence-electron chi connectivity index (χ3n) is 3.63. The van der Waals surface area contributed by atoms with Crippen molar-refractivity contribution < 1.29 is 13.6 Å². The summed E-state index contributed by atoms with van der Waals surface area (Å²) in [6, 6.07) is 9.84. The summed E-state index contributed by atoms with van der Waals surface area (Å²) >= 11 is 0.356. The fraction of sp³-hybridized carbons (Fsp3) is 0.222. The Morgan fingerprint density at radius 1 is 1.21 bits per heavy atom. The maximum Gasteiger partial charge on any atom is 0.288 e. The van der Waals surface area contributed by atoms with Crippen LogP contribution in [0, 0.1) is 6.92 Å². The summed E-state index contributed by atoms with van der Waals surface area (Å²) in [6.07, 6.45) is 3.44. The smallest absolute Gasteiger partial charge is 0.288 e. The minimum atomic E-state index is -2.58. The predicted octanol–water partition coefficient (Wildman–Crippen LogP) is 3.13. The molecule has 10 heteroatoms. The molecule has 1 amide bonds. The molecular weight excluding hydrogens is 386 g/mol. The molecule has 0 radical (unpaired) electrons. The van der Waals surface area contributed by atoms with Crippen molar-refractivity contribution in [3.05, 3.63) is 60.2 Å². The van der Waals surface area contributed by atoms with Crippen LogP contribution in [-0.4, -0.2) is 44.5 Å². The molecule has 0 aliphatic carbocycles. The molecule has 0 aliphatic heterocycles. The van der Waals surface area contributed by atoms with E-state index in [1.165, 1.54) is 12.1 Å². The van der Waals surface area contributed by atoms with E-state index in [9.17, 15) is 13.6 Å². The monoisotopic (exact) mass is 404 g/mol. The fourth-order valence-corrected chi connectivity index (χ4v) is 3.12. The van der Waals surface area contributed by atoms with Gasteiger partial charge in [0.05, 0.1) is 5.56 Å². The maximum absolute atomic E-state index is 12.6. The summed E-state index contributed by atoms with van der Waals surface area (Å²) in [5.41, 5.74) is 0.228. The first-order valence-electron chi connectivity index (χ1n) is 8.44. The molecule has 0 saturated heterocycles. The van der Waals surface area contributed by atoms with Gasteiger partial charge < -0.3 is 10.6 Å². The van der Waals surface area contributed by atoms with Gasteiger partial charge in [0, 0.05) is 36.4 Å². The Hall–Kier alpha value is -3.01. The van der Waals surface area contributed by atoms with Gasteiger partial charge in [-0.25, -0.2) is 14.6 Å². The SMILES string of the molecule is Cc1nc(NCCNC(=O)c2ccccc2SC(F)F)cc(-n2cccn2)n1. The third kappa shape index (κ3) is 5.26. The summed E-state index contributed by atoms with van der Waals surface area (Å²) in [6.45, 7) is 2.48. The van der Waals surface area contributed by atoms with Crippen molar-refractivity contribution in [1.29, 1.82) is 0 Å². The van der Waals surface area contributed by atoms with Gasteiger partial charge in [-0.15, -0.1) is 0 Å². The van der Waals surface area contributed by atoms with Gasteiger partial charge in [-0.05, 0) is 25.1 Å². The lowest BCUT2D eigenvalue weighted by Crippen LogP contribution is -2.29. The van der Waals surface area contributed by atoms with Crippen LogP contribution < -0.4 is 10.6 Å². The molecule has 3 rings (SSSR count). The van der Waals surface area contributed by atoms with Gasteiger partial charge in [0.25, 0.3) is 11.7 Å². The van der Waals surface area contributed by atoms with Gasteiger partial charge in [-0.3, -0.25) is 4.79 Å². The van der Waals surface area contributed by atoms with Gasteiger partial charge in [0.2, 0.25) is 0 Å². The molecule has 0 spiro atoms. The van der Waals surface area contributed by atoms with E-state index in [-0.39, 0.29) is 10.5 Å². The molecular formula is C18H18F2N6OS. The van der Waals surface area contributed by atoms with Gasteiger partial charge in [-0.2, -0.15) is 13.9 Å². The first kappa shape index (κ1) is 19.7. The fourth-order valence-electron chi connectivity index (χ4n) is 2.48. The molecule has 2 heterocycles. The van der Waals surface area contributed by atoms with Crippen LogP contribution in [0.5, 0.6) is 0 Å². The Kier molecular flexibility index (Phi) is 6.53. The summed E-state index contributed by atoms with van der Waals surface area (Å²) in [4.78, 5) is 21.2. The number of carbonyl (C=O) groups excluding carboxylic acids is 1. The zero-order valence-electron chi connectivity index (χ0n) is 15.0. The van der Waals surface area contributed by atoms with Gasteiger partial charge >= 0.3 is 0 Å². The van der Waals surface area contributed by atoms with E-state index < -0.39 is 11.7 Å². The predicted molar refractivity (Wildman–Crippen MR) is 103 cm³/mol. The Morgan fingerprint density at radius 3 is 2.79 bits per heavy atom. The number of carbonyl (C=O) groups is 1. The second kappa shape index (κ2) is 9.27. The Balaban J connectivity index is 1.56. The standard InChI is InChI=1S/C18H18F2N6OS/c1-12-24-15(11-16(25-12)26-10-4-7-23-26)21-8-9-22-17(27)13-5-2-3-6-14(13)28-18(19)20/h2-7,10-11,18H,8-9H2,1H3,(H,22,27)(H,21,24,25). The molecule has 28 heavy (non-hydrogen) atoms. The average Bonchev–Trinajstić information content (AvgIpc) is 3.19. The van der Waals surface area contributed by atoms with E-state index >= 15 is 0 Å². The van der Waals surface area contributed by atoms with Crippen LogP contribution in [0.2, 0.25) is 0 Å². The number of halogens is 2. The van der Waals surface area contributed by atoms with Crippen molar-refractivity contribution >= 4 is 23.5 Å². The third-order valence-corrected chi connectivity index (χ3v) is 4.42. The van der Waals surface area contributed by atoms with E-state index in [2.05, 4.69) is 25.7 Å². The summed E-state index contributed by atoms with van der Waals surface area (Å²) in [5.74, 6) is -1.18. The van der Waals surface area contributed by atoms with Crippen molar-refractivity contribution in [3.8, 4) is 5.82 Å². The van der Waals surface area contributed by atoms with E-state index in [4.69, 9.17) is 0 Å². The maximum atomic E-state index is 12.6. The number of rotatable bonds is 8. The van der Waals surface area contributed by atoms with Crippen LogP contribution >= 0.6 is 11.8 Å². The van der Waals surface area contributed by atoms with E-state index in [1.54, 1.807) is 48.3 Å². The highest BCUT2D eigenvalue weighted by atomic mass is 32.2. The largest absolute Gasteiger partial charge is 0.368 e. The second-order valence-electron chi connectivity index (χ2n) is 5.67. The highest BCUT2D eigenvalue weighted by Crippen LogP contribution is 2.28. The van der Waals surface area contributed by atoms with Crippen molar-refractivity contribution in [2.75, 3.05) is 18.4 Å². The lowest BCUT2D eigenvalue weighted by molar-refractivity contribution is 0.0952. The number of benzene rings is 1. The van der Waals surface area contributed by atoms with Crippen molar-refractivity contribution in [1.82, 2.24) is 25.1 Å². The summed E-state index contributed by atoms with van der Waals surface area (Å²) < 4.78 is 26.9. The van der Waals surface area contributed by atoms with Crippen molar-refractivity contribution in [2.45, 2.75) is 17.6 Å². The molecule has 2 aromatic heterocycles. The highest BCUT2D eigenvalue weighted by molar-refractivity contribution is 7.99. The molecule has 7 nitrogen and oxygen atoms in total. The lowest BCUT2D eigenvalue weighted by Gasteiger charge is -2.11. The Labute approximate surface area is 164 Å². The van der Waals surface area contributed by atoms with Crippen LogP contribution in [0.15, 0.2) is 53.7 Å². The van der Waals surface area contributed by atoms with Crippen LogP contribution in [0.4, 0.5) is 14.6 Å². The number of hydrogen-bond acceptors (Lipinski definition) is 6. The number of aryl methyl sites for hydroxylation is 1. The molecule has 0 bridgehead atoms. The number of aromatic nitrogens is 4. The van der Waals surface area contributed by atoms with Gasteiger partial charge in [0.15, 0.2) is 5.82 Å². The molecule has 2 N–H and O–H groups in total. The first-order chi connectivity index (χ1) is 13.5. The number of nitrogens with zero attached hydrogens (tertiary/aromatic N) is 4. The number of alkyl halides is 2. The molecule has 0 aliphatic rings. The molecule has 146 valence electrons. The topological polar surface area (TPSA) is 84.7 Å². The molecule has 3 aromatic rings. The molecule has 1 aromatic carbocycles. The highest BCUT2D eigenvalue weighted by Gasteiger charge is 2.14. The Morgan fingerprint density at radius 2 is 2.04 bits per heavy atom. The minimum Gasteiger partial charge on any atom is -0.368 e. The number of anilines is 1. The van der Waals surface area contributed by atoms with Gasteiger partial charge in [0.1, 0.15) is 11.6 Å². The summed E-state index contributed by atoms with van der Waals surface area (Å²) in [7, 11) is 0. The van der Waals surface area contributed by atoms with E-state index in [1.807, 2.05) is 0 Å². The van der Waals surface area contributed by atoms with Crippen LogP contribution in [0.25, 0.3) is 5.82 Å². The van der Waals surface area contributed by atoms with Crippen LogP contribution in [0.3, 0.4) is 0 Å². The quantitative estimate of drug-likeness (QED) is 0.443. The molecule has 0 fully saturated rings. The summed E-state index contributed by atoms with van der Waals surface area (Å²) in [5, 5.41) is 9.97. The number of amides is 1. The normalized spacial score (nSPS) is 10.9. The number of nitrogens with one attached hydrogen (secondary N) is 2. The zero-order valence-corrected chi connectivity index (χ0v) is 15.8. The van der Waals surface area contributed by atoms with E-state index in [0.29, 0.717) is 42.3 Å². The van der Waals surface area contributed by atoms with Crippen LogP contribution in [0.1, 0.15) is 16.2 Å². The molecule has 0 atom stereocenters. The average molecular weight is 404 g/mol. The van der Waals surface area contributed by atoms with Gasteiger partial charge in [-0.1, -0.05) is 23.9 Å². The van der Waals surface area contributed by atoms with Crippen molar-refractivity contribution in [3.63, 3.8) is 0 Å². The zero-order chi connectivity index (χ0) is 19.9.